The highest BCUT2D eigenvalue weighted by Gasteiger charge is 2.54. The molecule has 1 spiro atoms. The number of hydrogen-bond acceptors (Lipinski definition) is 3. The van der Waals surface area contributed by atoms with Crippen molar-refractivity contribution in [3.63, 3.8) is 0 Å². The third-order valence-corrected chi connectivity index (χ3v) is 8.31. The molecule has 2 N–H and O–H groups in total. The molecule has 2 aliphatic carbocycles. The second-order valence-electron chi connectivity index (χ2n) is 9.82. The summed E-state index contributed by atoms with van der Waals surface area (Å²) in [5.41, 5.74) is 4.87. The summed E-state index contributed by atoms with van der Waals surface area (Å²) >= 11 is 6.17. The van der Waals surface area contributed by atoms with E-state index in [1.165, 1.54) is 16.7 Å². The summed E-state index contributed by atoms with van der Waals surface area (Å²) in [4.78, 5) is 12.6. The maximum absolute atomic E-state index is 12.6. The largest absolute Gasteiger partial charge is 0.496 e. The highest BCUT2D eigenvalue weighted by Crippen LogP contribution is 2.58. The lowest BCUT2D eigenvalue weighted by molar-refractivity contribution is -0.144. The van der Waals surface area contributed by atoms with E-state index in [-0.39, 0.29) is 5.41 Å². The first-order valence-corrected chi connectivity index (χ1v) is 12.2. The van der Waals surface area contributed by atoms with E-state index >= 15 is 0 Å². The lowest BCUT2D eigenvalue weighted by Gasteiger charge is -2.47. The average molecular weight is 476 g/mol. The molecule has 0 amide bonds. The van der Waals surface area contributed by atoms with Crippen LogP contribution >= 0.6 is 11.6 Å². The maximum atomic E-state index is 12.6. The number of anilines is 1. The van der Waals surface area contributed by atoms with Crippen molar-refractivity contribution in [3.05, 3.63) is 94.0 Å². The van der Waals surface area contributed by atoms with Crippen LogP contribution in [0.3, 0.4) is 0 Å². The molecule has 176 valence electrons. The molecule has 5 rings (SSSR count). The Morgan fingerprint density at radius 2 is 1.79 bits per heavy atom. The van der Waals surface area contributed by atoms with Crippen LogP contribution in [0.1, 0.15) is 53.9 Å². The van der Waals surface area contributed by atoms with Gasteiger partial charge >= 0.3 is 5.97 Å². The fourth-order valence-corrected chi connectivity index (χ4v) is 6.51. The molecule has 0 bridgehead atoms. The van der Waals surface area contributed by atoms with Crippen molar-refractivity contribution >= 4 is 23.3 Å². The van der Waals surface area contributed by atoms with Gasteiger partial charge in [-0.3, -0.25) is 0 Å². The Bertz CT molecular complexity index is 1230. The van der Waals surface area contributed by atoms with Gasteiger partial charge in [-0.05, 0) is 91.5 Å². The smallest absolute Gasteiger partial charge is 0.329 e. The van der Waals surface area contributed by atoms with E-state index in [1.807, 2.05) is 12.1 Å². The second kappa shape index (κ2) is 8.66. The fraction of sp³-hybridized carbons (Fsp3) is 0.345. The minimum Gasteiger partial charge on any atom is -0.496 e. The molecular weight excluding hydrogens is 446 g/mol. The number of hydrogen-bond donors (Lipinski definition) is 2. The van der Waals surface area contributed by atoms with Gasteiger partial charge in [0.25, 0.3) is 0 Å². The molecule has 0 aromatic heterocycles. The van der Waals surface area contributed by atoms with Crippen molar-refractivity contribution < 1.29 is 14.6 Å². The van der Waals surface area contributed by atoms with Crippen LogP contribution in [-0.2, 0) is 16.6 Å². The van der Waals surface area contributed by atoms with E-state index in [0.717, 1.165) is 36.3 Å². The fourth-order valence-electron chi connectivity index (χ4n) is 6.32. The first kappa shape index (κ1) is 22.8. The summed E-state index contributed by atoms with van der Waals surface area (Å²) in [5, 5.41) is 14.3. The number of nitrogens with one attached hydrogen (secondary N) is 1. The van der Waals surface area contributed by atoms with Crippen LogP contribution in [0.15, 0.2) is 66.7 Å². The first-order valence-electron chi connectivity index (χ1n) is 11.9. The van der Waals surface area contributed by atoms with Crippen molar-refractivity contribution in [1.82, 2.24) is 0 Å². The van der Waals surface area contributed by atoms with Crippen molar-refractivity contribution in [2.75, 3.05) is 12.4 Å². The van der Waals surface area contributed by atoms with Crippen LogP contribution in [0.4, 0.5) is 5.69 Å². The zero-order chi connectivity index (χ0) is 23.9. The van der Waals surface area contributed by atoms with Gasteiger partial charge in [-0.2, -0.15) is 0 Å². The van der Waals surface area contributed by atoms with E-state index in [9.17, 15) is 9.90 Å². The van der Waals surface area contributed by atoms with E-state index in [4.69, 9.17) is 16.3 Å². The number of benzene rings is 3. The van der Waals surface area contributed by atoms with Crippen LogP contribution in [0, 0.1) is 6.92 Å². The van der Waals surface area contributed by atoms with Gasteiger partial charge in [-0.15, -0.1) is 0 Å². The molecule has 3 aromatic carbocycles. The average Bonchev–Trinajstić information content (AvgIpc) is 3.15. The molecule has 34 heavy (non-hydrogen) atoms. The van der Waals surface area contributed by atoms with Crippen molar-refractivity contribution in [2.24, 2.45) is 0 Å². The van der Waals surface area contributed by atoms with Gasteiger partial charge in [-0.25, -0.2) is 4.79 Å². The van der Waals surface area contributed by atoms with Gasteiger partial charge in [0.1, 0.15) is 11.3 Å². The standard InChI is InChI=1S/C29H30ClNO3/c1-19-16-21(10-11-26(19)34-2)25-17-20-6-3-4-9-24(20)28(25)12-14-29(15-13-28,27(32)33)31-23-8-5-7-22(30)18-23/h3-11,16,18,25,31H,12-15,17H2,1-2H3,(H,32,33). The molecule has 0 aliphatic heterocycles. The minimum absolute atomic E-state index is 0.0768. The summed E-state index contributed by atoms with van der Waals surface area (Å²) in [7, 11) is 1.70. The van der Waals surface area contributed by atoms with E-state index < -0.39 is 11.5 Å². The van der Waals surface area contributed by atoms with Gasteiger partial charge in [0, 0.05) is 16.1 Å². The monoisotopic (exact) mass is 475 g/mol. The minimum atomic E-state index is -1.01. The number of carbonyl (C=O) groups is 1. The molecule has 1 unspecified atom stereocenters. The number of ether oxygens (including phenoxy) is 1. The molecule has 1 saturated carbocycles. The van der Waals surface area contributed by atoms with Crippen LogP contribution in [0.2, 0.25) is 5.02 Å². The lowest BCUT2D eigenvalue weighted by Crippen LogP contribution is -2.52. The number of carboxylic acid groups (broad SMARTS) is 1. The number of rotatable bonds is 5. The Morgan fingerprint density at radius 1 is 1.03 bits per heavy atom. The number of fused-ring (bicyclic) bond motifs is 2. The summed E-state index contributed by atoms with van der Waals surface area (Å²) < 4.78 is 5.50. The van der Waals surface area contributed by atoms with Crippen molar-refractivity contribution in [2.45, 2.75) is 55.9 Å². The van der Waals surface area contributed by atoms with Crippen LogP contribution in [0.5, 0.6) is 5.75 Å². The van der Waals surface area contributed by atoms with Crippen LogP contribution in [-0.4, -0.2) is 23.7 Å². The normalized spacial score (nSPS) is 25.7. The zero-order valence-electron chi connectivity index (χ0n) is 19.6. The highest BCUT2D eigenvalue weighted by atomic mass is 35.5. The maximum Gasteiger partial charge on any atom is 0.329 e. The highest BCUT2D eigenvalue weighted by molar-refractivity contribution is 6.30. The zero-order valence-corrected chi connectivity index (χ0v) is 20.4. The topological polar surface area (TPSA) is 58.6 Å². The first-order chi connectivity index (χ1) is 16.4. The molecule has 0 radical (unpaired) electrons. The predicted octanol–water partition coefficient (Wildman–Crippen LogP) is 6.74. The quantitative estimate of drug-likeness (QED) is 0.428. The van der Waals surface area contributed by atoms with E-state index in [0.29, 0.717) is 23.8 Å². The Labute approximate surface area is 205 Å². The SMILES string of the molecule is COc1ccc(C2Cc3ccccc3C23CCC(Nc2cccc(Cl)c2)(C(=O)O)CC3)cc1C. The van der Waals surface area contributed by atoms with Gasteiger partial charge in [0.05, 0.1) is 7.11 Å². The van der Waals surface area contributed by atoms with Crippen LogP contribution in [0.25, 0.3) is 0 Å². The Hall–Kier alpha value is -2.98. The number of methoxy groups -OCH3 is 1. The molecule has 0 saturated heterocycles. The summed E-state index contributed by atoms with van der Waals surface area (Å²) in [6.07, 6.45) is 3.69. The molecule has 0 heterocycles. The summed E-state index contributed by atoms with van der Waals surface area (Å²) in [6, 6.07) is 22.5. The number of aryl methyl sites for hydroxylation is 1. The molecular formula is C29H30ClNO3. The van der Waals surface area contributed by atoms with Crippen LogP contribution < -0.4 is 10.1 Å². The Balaban J connectivity index is 1.51. The van der Waals surface area contributed by atoms with Gasteiger partial charge < -0.3 is 15.2 Å². The third-order valence-electron chi connectivity index (χ3n) is 8.08. The summed E-state index contributed by atoms with van der Waals surface area (Å²) in [5.74, 6) is 0.408. The van der Waals surface area contributed by atoms with Gasteiger partial charge in [0.2, 0.25) is 0 Å². The summed E-state index contributed by atoms with van der Waals surface area (Å²) in [6.45, 7) is 2.09. The Kier molecular flexibility index (Phi) is 5.81. The van der Waals surface area contributed by atoms with E-state index in [2.05, 4.69) is 54.7 Å². The van der Waals surface area contributed by atoms with Crippen molar-refractivity contribution in [1.29, 1.82) is 0 Å². The third kappa shape index (κ3) is 3.74. The Morgan fingerprint density at radius 3 is 2.47 bits per heavy atom. The number of aliphatic carboxylic acids is 1. The molecule has 1 atom stereocenters. The van der Waals surface area contributed by atoms with Gasteiger partial charge in [-0.1, -0.05) is 54.1 Å². The van der Waals surface area contributed by atoms with Crippen molar-refractivity contribution in [3.8, 4) is 5.75 Å². The number of halogens is 1. The second-order valence-corrected chi connectivity index (χ2v) is 10.3. The number of carboxylic acids is 1. The lowest BCUT2D eigenvalue weighted by atomic mass is 9.59. The molecule has 2 aliphatic rings. The molecule has 1 fully saturated rings. The molecule has 3 aromatic rings. The van der Waals surface area contributed by atoms with Gasteiger partial charge in [0.15, 0.2) is 0 Å². The predicted molar refractivity (Wildman–Crippen MR) is 136 cm³/mol. The van der Waals surface area contributed by atoms with E-state index in [1.54, 1.807) is 19.2 Å². The molecule has 4 nitrogen and oxygen atoms in total. The molecule has 5 heteroatoms.